The zero-order valence-corrected chi connectivity index (χ0v) is 15.6. The number of hydrogen-bond donors (Lipinski definition) is 3. The van der Waals surface area contributed by atoms with Crippen molar-refractivity contribution in [1.29, 1.82) is 0 Å². The molecule has 0 bridgehead atoms. The summed E-state index contributed by atoms with van der Waals surface area (Å²) in [5.74, 6) is 1.10. The second kappa shape index (κ2) is 8.40. The van der Waals surface area contributed by atoms with Gasteiger partial charge in [-0.2, -0.15) is 0 Å². The molecule has 28 heavy (non-hydrogen) atoms. The van der Waals surface area contributed by atoms with Crippen LogP contribution in [0.4, 0.5) is 17.3 Å². The van der Waals surface area contributed by atoms with Gasteiger partial charge in [0.05, 0.1) is 10.2 Å². The standard InChI is InChI=1S/C19H17N7OS/c27-18(19-24-14-3-1-2-4-15(14)28-19)22-12-11-21-16-5-6-17(26-25-16)23-13-7-9-20-10-8-13/h1-10H,11-12H2,(H,21,25)(H,22,27)(H,20,23,26). The highest BCUT2D eigenvalue weighted by molar-refractivity contribution is 7.20. The Hall–Kier alpha value is -3.59. The summed E-state index contributed by atoms with van der Waals surface area (Å²) < 4.78 is 1.00. The van der Waals surface area contributed by atoms with Gasteiger partial charge in [0.15, 0.2) is 10.8 Å². The maximum atomic E-state index is 12.2. The molecule has 0 spiro atoms. The Kier molecular flexibility index (Phi) is 5.34. The van der Waals surface area contributed by atoms with Crippen LogP contribution in [0, 0.1) is 0 Å². The molecule has 0 saturated carbocycles. The first-order valence-electron chi connectivity index (χ1n) is 8.66. The van der Waals surface area contributed by atoms with Crippen LogP contribution in [0.2, 0.25) is 0 Å². The van der Waals surface area contributed by atoms with Crippen LogP contribution in [0.15, 0.2) is 60.9 Å². The first-order valence-corrected chi connectivity index (χ1v) is 9.48. The first-order chi connectivity index (χ1) is 13.8. The van der Waals surface area contributed by atoms with Gasteiger partial charge in [0.25, 0.3) is 5.91 Å². The molecule has 1 amide bonds. The molecule has 1 aromatic carbocycles. The van der Waals surface area contributed by atoms with Crippen molar-refractivity contribution in [2.75, 3.05) is 23.7 Å². The van der Waals surface area contributed by atoms with Gasteiger partial charge in [-0.3, -0.25) is 9.78 Å². The molecule has 0 radical (unpaired) electrons. The minimum absolute atomic E-state index is 0.175. The molecule has 0 fully saturated rings. The van der Waals surface area contributed by atoms with Crippen molar-refractivity contribution in [2.45, 2.75) is 0 Å². The number of fused-ring (bicyclic) bond motifs is 1. The van der Waals surface area contributed by atoms with Gasteiger partial charge in [0.1, 0.15) is 5.82 Å². The molecule has 0 unspecified atom stereocenters. The number of nitrogens with one attached hydrogen (secondary N) is 3. The highest BCUT2D eigenvalue weighted by atomic mass is 32.1. The molecule has 3 N–H and O–H groups in total. The Morgan fingerprint density at radius 3 is 2.50 bits per heavy atom. The lowest BCUT2D eigenvalue weighted by atomic mass is 10.3. The van der Waals surface area contributed by atoms with E-state index in [1.54, 1.807) is 12.4 Å². The Bertz CT molecular complexity index is 1030. The number of thiazole rings is 1. The van der Waals surface area contributed by atoms with Crippen molar-refractivity contribution in [3.63, 3.8) is 0 Å². The normalized spacial score (nSPS) is 10.6. The van der Waals surface area contributed by atoms with Gasteiger partial charge in [0, 0.05) is 31.2 Å². The van der Waals surface area contributed by atoms with E-state index >= 15 is 0 Å². The van der Waals surface area contributed by atoms with Gasteiger partial charge >= 0.3 is 0 Å². The van der Waals surface area contributed by atoms with E-state index in [1.165, 1.54) is 11.3 Å². The van der Waals surface area contributed by atoms with Gasteiger partial charge < -0.3 is 16.0 Å². The molecule has 0 aliphatic heterocycles. The smallest absolute Gasteiger partial charge is 0.280 e. The lowest BCUT2D eigenvalue weighted by Gasteiger charge is -2.07. The molecule has 0 saturated heterocycles. The Morgan fingerprint density at radius 2 is 1.71 bits per heavy atom. The lowest BCUT2D eigenvalue weighted by molar-refractivity contribution is 0.0955. The van der Waals surface area contributed by atoms with E-state index in [4.69, 9.17) is 0 Å². The van der Waals surface area contributed by atoms with Crippen molar-refractivity contribution >= 4 is 44.8 Å². The SMILES string of the molecule is O=C(NCCNc1ccc(Nc2ccncc2)nn1)c1nc2ccccc2s1. The molecule has 9 heteroatoms. The van der Waals surface area contributed by atoms with Crippen LogP contribution in [-0.4, -0.2) is 39.2 Å². The third-order valence-electron chi connectivity index (χ3n) is 3.82. The second-order valence-corrected chi connectivity index (χ2v) is 6.86. The average molecular weight is 391 g/mol. The van der Waals surface area contributed by atoms with Gasteiger partial charge in [-0.05, 0) is 36.4 Å². The van der Waals surface area contributed by atoms with Crippen molar-refractivity contribution in [3.05, 3.63) is 65.9 Å². The highest BCUT2D eigenvalue weighted by Crippen LogP contribution is 2.21. The molecule has 0 aliphatic carbocycles. The van der Waals surface area contributed by atoms with E-state index in [0.29, 0.717) is 29.7 Å². The minimum atomic E-state index is -0.175. The van der Waals surface area contributed by atoms with E-state index in [1.807, 2.05) is 48.5 Å². The summed E-state index contributed by atoms with van der Waals surface area (Å²) in [6.45, 7) is 0.982. The van der Waals surface area contributed by atoms with Crippen LogP contribution in [0.25, 0.3) is 10.2 Å². The Balaban J connectivity index is 1.24. The number of rotatable bonds is 7. The van der Waals surface area contributed by atoms with Crippen LogP contribution >= 0.6 is 11.3 Å². The number of anilines is 3. The highest BCUT2D eigenvalue weighted by Gasteiger charge is 2.11. The second-order valence-electron chi connectivity index (χ2n) is 5.83. The van der Waals surface area contributed by atoms with Gasteiger partial charge in [-0.25, -0.2) is 4.98 Å². The van der Waals surface area contributed by atoms with E-state index in [-0.39, 0.29) is 5.91 Å². The third kappa shape index (κ3) is 4.38. The van der Waals surface area contributed by atoms with E-state index < -0.39 is 0 Å². The molecule has 3 aromatic heterocycles. The van der Waals surface area contributed by atoms with Crippen molar-refractivity contribution < 1.29 is 4.79 Å². The van der Waals surface area contributed by atoms with Gasteiger partial charge in [0.2, 0.25) is 0 Å². The molecule has 3 heterocycles. The molecular weight excluding hydrogens is 374 g/mol. The topological polar surface area (TPSA) is 105 Å². The van der Waals surface area contributed by atoms with E-state index in [9.17, 15) is 4.79 Å². The van der Waals surface area contributed by atoms with Gasteiger partial charge in [-0.1, -0.05) is 12.1 Å². The number of benzene rings is 1. The summed E-state index contributed by atoms with van der Waals surface area (Å²) in [7, 11) is 0. The van der Waals surface area contributed by atoms with Crippen LogP contribution in [-0.2, 0) is 0 Å². The number of pyridine rings is 1. The molecule has 140 valence electrons. The van der Waals surface area contributed by atoms with Crippen molar-refractivity contribution in [1.82, 2.24) is 25.5 Å². The first kappa shape index (κ1) is 17.8. The monoisotopic (exact) mass is 391 g/mol. The molecule has 4 rings (SSSR count). The summed E-state index contributed by atoms with van der Waals surface area (Å²) in [4.78, 5) is 20.5. The zero-order valence-electron chi connectivity index (χ0n) is 14.8. The van der Waals surface area contributed by atoms with Crippen LogP contribution in [0.5, 0.6) is 0 Å². The largest absolute Gasteiger partial charge is 0.367 e. The number of nitrogens with zero attached hydrogens (tertiary/aromatic N) is 4. The quantitative estimate of drug-likeness (QED) is 0.416. The van der Waals surface area contributed by atoms with Gasteiger partial charge in [-0.15, -0.1) is 21.5 Å². The predicted molar refractivity (Wildman–Crippen MR) is 110 cm³/mol. The summed E-state index contributed by atoms with van der Waals surface area (Å²) >= 11 is 1.39. The number of carbonyl (C=O) groups excluding carboxylic acids is 1. The number of para-hydroxylation sites is 1. The lowest BCUT2D eigenvalue weighted by Crippen LogP contribution is -2.28. The van der Waals surface area contributed by atoms with Crippen LogP contribution < -0.4 is 16.0 Å². The minimum Gasteiger partial charge on any atom is -0.367 e. The zero-order chi connectivity index (χ0) is 19.2. The fourth-order valence-corrected chi connectivity index (χ4v) is 3.37. The maximum Gasteiger partial charge on any atom is 0.280 e. The molecular formula is C19H17N7OS. The van der Waals surface area contributed by atoms with Crippen molar-refractivity contribution in [2.24, 2.45) is 0 Å². The summed E-state index contributed by atoms with van der Waals surface area (Å²) in [5, 5.41) is 17.8. The van der Waals surface area contributed by atoms with E-state index in [2.05, 4.69) is 36.1 Å². The maximum absolute atomic E-state index is 12.2. The van der Waals surface area contributed by atoms with Crippen LogP contribution in [0.1, 0.15) is 9.80 Å². The molecule has 8 nitrogen and oxygen atoms in total. The van der Waals surface area contributed by atoms with Crippen LogP contribution in [0.3, 0.4) is 0 Å². The van der Waals surface area contributed by atoms with Crippen molar-refractivity contribution in [3.8, 4) is 0 Å². The average Bonchev–Trinajstić information content (AvgIpc) is 3.17. The number of carbonyl (C=O) groups is 1. The number of amides is 1. The summed E-state index contributed by atoms with van der Waals surface area (Å²) in [5.41, 5.74) is 1.73. The summed E-state index contributed by atoms with van der Waals surface area (Å²) in [6, 6.07) is 15.1. The third-order valence-corrected chi connectivity index (χ3v) is 4.86. The molecule has 4 aromatic rings. The number of hydrogen-bond acceptors (Lipinski definition) is 8. The fourth-order valence-electron chi connectivity index (χ4n) is 2.49. The molecule has 0 aliphatic rings. The van der Waals surface area contributed by atoms with E-state index in [0.717, 1.165) is 15.9 Å². The Morgan fingerprint density at radius 1 is 0.929 bits per heavy atom. The fraction of sp³-hybridized carbons (Fsp3) is 0.105. The Labute approximate surface area is 165 Å². The number of aromatic nitrogens is 4. The predicted octanol–water partition coefficient (Wildman–Crippen LogP) is 3.07. The summed E-state index contributed by atoms with van der Waals surface area (Å²) in [6.07, 6.45) is 3.41. The molecule has 0 atom stereocenters.